The zero-order chi connectivity index (χ0) is 14.4. The lowest BCUT2D eigenvalue weighted by atomic mass is 10.2. The van der Waals surface area contributed by atoms with Gasteiger partial charge in [-0.25, -0.2) is 4.79 Å². The van der Waals surface area contributed by atoms with Crippen molar-refractivity contribution in [2.75, 3.05) is 11.9 Å². The zero-order valence-electron chi connectivity index (χ0n) is 11.9. The van der Waals surface area contributed by atoms with Crippen LogP contribution in [0.2, 0.25) is 0 Å². The maximum Gasteiger partial charge on any atom is 0.322 e. The van der Waals surface area contributed by atoms with Crippen LogP contribution in [-0.4, -0.2) is 17.5 Å². The van der Waals surface area contributed by atoms with E-state index in [2.05, 4.69) is 18.3 Å². The van der Waals surface area contributed by atoms with E-state index in [1.54, 1.807) is 11.3 Å². The molecule has 0 spiro atoms. The third-order valence-electron chi connectivity index (χ3n) is 3.01. The molecule has 0 bridgehead atoms. The molecule has 0 radical (unpaired) electrons. The number of aryl methyl sites for hydroxylation is 1. The number of benzene rings is 1. The van der Waals surface area contributed by atoms with Crippen molar-refractivity contribution in [3.8, 4) is 0 Å². The maximum absolute atomic E-state index is 12.3. The Kier molecular flexibility index (Phi) is 5.18. The lowest BCUT2D eigenvalue weighted by molar-refractivity contribution is 0.209. The van der Waals surface area contributed by atoms with Crippen LogP contribution in [-0.2, 0) is 6.54 Å². The number of rotatable bonds is 5. The van der Waals surface area contributed by atoms with Crippen molar-refractivity contribution in [3.05, 3.63) is 52.2 Å². The second-order valence-electron chi connectivity index (χ2n) is 4.80. The van der Waals surface area contributed by atoms with Crippen molar-refractivity contribution in [2.24, 2.45) is 0 Å². The Morgan fingerprint density at radius 2 is 2.00 bits per heavy atom. The van der Waals surface area contributed by atoms with Crippen LogP contribution in [0, 0.1) is 6.92 Å². The van der Waals surface area contributed by atoms with Crippen molar-refractivity contribution >= 4 is 23.1 Å². The fraction of sp³-hybridized carbons (Fsp3) is 0.312. The number of anilines is 1. The van der Waals surface area contributed by atoms with Crippen LogP contribution < -0.4 is 5.32 Å². The molecule has 0 aliphatic carbocycles. The van der Waals surface area contributed by atoms with Gasteiger partial charge in [0.05, 0.1) is 6.54 Å². The van der Waals surface area contributed by atoms with Crippen molar-refractivity contribution < 1.29 is 4.79 Å². The maximum atomic E-state index is 12.3. The molecule has 2 rings (SSSR count). The first-order valence-electron chi connectivity index (χ1n) is 6.84. The molecule has 1 heterocycles. The van der Waals surface area contributed by atoms with Crippen molar-refractivity contribution in [1.29, 1.82) is 0 Å². The number of nitrogens with zero attached hydrogens (tertiary/aromatic N) is 1. The number of urea groups is 1. The smallest absolute Gasteiger partial charge is 0.319 e. The molecule has 1 N–H and O–H groups in total. The van der Waals surface area contributed by atoms with Crippen molar-refractivity contribution in [3.63, 3.8) is 0 Å². The molecule has 1 aromatic carbocycles. The Hall–Kier alpha value is -1.81. The van der Waals surface area contributed by atoms with E-state index in [1.807, 2.05) is 47.5 Å². The average Bonchev–Trinajstić information content (AvgIpc) is 2.94. The van der Waals surface area contributed by atoms with Crippen LogP contribution in [0.1, 0.15) is 23.8 Å². The first-order valence-corrected chi connectivity index (χ1v) is 7.72. The molecule has 4 heteroatoms. The number of amides is 2. The fourth-order valence-electron chi connectivity index (χ4n) is 1.95. The minimum Gasteiger partial charge on any atom is -0.319 e. The molecule has 0 saturated carbocycles. The molecule has 0 aliphatic heterocycles. The Morgan fingerprint density at radius 1 is 1.25 bits per heavy atom. The van der Waals surface area contributed by atoms with Crippen LogP contribution in [0.3, 0.4) is 0 Å². The molecular weight excluding hydrogens is 268 g/mol. The summed E-state index contributed by atoms with van der Waals surface area (Å²) in [6, 6.07) is 11.9. The van der Waals surface area contributed by atoms with Gasteiger partial charge in [0.15, 0.2) is 0 Å². The predicted octanol–water partition coefficient (Wildman–Crippen LogP) is 4.50. The summed E-state index contributed by atoms with van der Waals surface area (Å²) in [6.45, 7) is 5.55. The second-order valence-corrected chi connectivity index (χ2v) is 5.83. The van der Waals surface area contributed by atoms with Crippen molar-refractivity contribution in [1.82, 2.24) is 4.90 Å². The van der Waals surface area contributed by atoms with E-state index in [0.717, 1.165) is 18.7 Å². The van der Waals surface area contributed by atoms with Gasteiger partial charge in [0.25, 0.3) is 0 Å². The monoisotopic (exact) mass is 288 g/mol. The van der Waals surface area contributed by atoms with Crippen LogP contribution in [0.5, 0.6) is 0 Å². The Labute approximate surface area is 124 Å². The van der Waals surface area contributed by atoms with Gasteiger partial charge < -0.3 is 10.2 Å². The SMILES string of the molecule is CCCN(Cc1cccs1)C(=O)Nc1ccc(C)cc1. The van der Waals surface area contributed by atoms with Gasteiger partial charge in [0.2, 0.25) is 0 Å². The molecule has 2 amide bonds. The average molecular weight is 288 g/mol. The van der Waals surface area contributed by atoms with Gasteiger partial charge in [-0.1, -0.05) is 30.7 Å². The highest BCUT2D eigenvalue weighted by Gasteiger charge is 2.13. The molecule has 106 valence electrons. The van der Waals surface area contributed by atoms with E-state index >= 15 is 0 Å². The van der Waals surface area contributed by atoms with Gasteiger partial charge in [-0.05, 0) is 36.9 Å². The Balaban J connectivity index is 2.01. The molecule has 0 unspecified atom stereocenters. The van der Waals surface area contributed by atoms with Crippen LogP contribution in [0.4, 0.5) is 10.5 Å². The number of thiophene rings is 1. The van der Waals surface area contributed by atoms with Gasteiger partial charge >= 0.3 is 6.03 Å². The topological polar surface area (TPSA) is 32.3 Å². The normalized spacial score (nSPS) is 10.3. The number of hydrogen-bond donors (Lipinski definition) is 1. The first-order chi connectivity index (χ1) is 9.69. The first kappa shape index (κ1) is 14.6. The third kappa shape index (κ3) is 4.10. The summed E-state index contributed by atoms with van der Waals surface area (Å²) in [6.07, 6.45) is 0.951. The summed E-state index contributed by atoms with van der Waals surface area (Å²) < 4.78 is 0. The molecule has 0 fully saturated rings. The minimum absolute atomic E-state index is 0.0379. The summed E-state index contributed by atoms with van der Waals surface area (Å²) in [5.74, 6) is 0. The zero-order valence-corrected chi connectivity index (χ0v) is 12.7. The summed E-state index contributed by atoms with van der Waals surface area (Å²) in [5.41, 5.74) is 2.03. The second kappa shape index (κ2) is 7.10. The lowest BCUT2D eigenvalue weighted by Gasteiger charge is -2.22. The van der Waals surface area contributed by atoms with E-state index in [1.165, 1.54) is 10.4 Å². The molecule has 0 saturated heterocycles. The molecule has 3 nitrogen and oxygen atoms in total. The largest absolute Gasteiger partial charge is 0.322 e. The summed E-state index contributed by atoms with van der Waals surface area (Å²) >= 11 is 1.68. The van der Waals surface area contributed by atoms with Gasteiger partial charge in [-0.15, -0.1) is 11.3 Å². The highest BCUT2D eigenvalue weighted by atomic mass is 32.1. The lowest BCUT2D eigenvalue weighted by Crippen LogP contribution is -2.34. The highest BCUT2D eigenvalue weighted by molar-refractivity contribution is 7.09. The molecule has 2 aromatic rings. The van der Waals surface area contributed by atoms with E-state index in [4.69, 9.17) is 0 Å². The Bertz CT molecular complexity index is 534. The van der Waals surface area contributed by atoms with Gasteiger partial charge in [0.1, 0.15) is 0 Å². The summed E-state index contributed by atoms with van der Waals surface area (Å²) in [5, 5.41) is 5.00. The fourth-order valence-corrected chi connectivity index (χ4v) is 2.67. The van der Waals surface area contributed by atoms with Crippen LogP contribution in [0.15, 0.2) is 41.8 Å². The summed E-state index contributed by atoms with van der Waals surface area (Å²) in [4.78, 5) is 15.4. The van der Waals surface area contributed by atoms with Gasteiger partial charge in [0, 0.05) is 17.1 Å². The Morgan fingerprint density at radius 3 is 2.60 bits per heavy atom. The predicted molar refractivity (Wildman–Crippen MR) is 85.2 cm³/mol. The number of hydrogen-bond acceptors (Lipinski definition) is 2. The van der Waals surface area contributed by atoms with Crippen LogP contribution in [0.25, 0.3) is 0 Å². The minimum atomic E-state index is -0.0379. The molecule has 0 aliphatic rings. The van der Waals surface area contributed by atoms with Crippen molar-refractivity contribution in [2.45, 2.75) is 26.8 Å². The standard InChI is InChI=1S/C16H20N2OS/c1-3-10-18(12-15-5-4-11-20-15)16(19)17-14-8-6-13(2)7-9-14/h4-9,11H,3,10,12H2,1-2H3,(H,17,19). The van der Waals surface area contributed by atoms with E-state index in [9.17, 15) is 4.79 Å². The van der Waals surface area contributed by atoms with E-state index < -0.39 is 0 Å². The molecule has 0 atom stereocenters. The number of carbonyl (C=O) groups excluding carboxylic acids is 1. The van der Waals surface area contributed by atoms with E-state index in [0.29, 0.717) is 6.54 Å². The third-order valence-corrected chi connectivity index (χ3v) is 3.87. The van der Waals surface area contributed by atoms with Crippen LogP contribution >= 0.6 is 11.3 Å². The number of carbonyl (C=O) groups is 1. The highest BCUT2D eigenvalue weighted by Crippen LogP contribution is 2.14. The number of nitrogens with one attached hydrogen (secondary N) is 1. The molecule has 1 aromatic heterocycles. The van der Waals surface area contributed by atoms with E-state index in [-0.39, 0.29) is 6.03 Å². The van der Waals surface area contributed by atoms with Gasteiger partial charge in [-0.3, -0.25) is 0 Å². The van der Waals surface area contributed by atoms with Gasteiger partial charge in [-0.2, -0.15) is 0 Å². The summed E-state index contributed by atoms with van der Waals surface area (Å²) in [7, 11) is 0. The molecular formula is C16H20N2OS. The molecule has 20 heavy (non-hydrogen) atoms. The quantitative estimate of drug-likeness (QED) is 0.863.